The molecule has 1 unspecified atom stereocenters. The Morgan fingerprint density at radius 2 is 1.90 bits per heavy atom. The van der Waals surface area contributed by atoms with Crippen LogP contribution in [0.2, 0.25) is 0 Å². The summed E-state index contributed by atoms with van der Waals surface area (Å²) >= 11 is 0. The number of ketones is 1. The molecule has 58 valence electrons. The first-order valence-electron chi connectivity index (χ1n) is 3.22. The quantitative estimate of drug-likeness (QED) is 0.536. The standard InChI is InChI=1S/C7H12O3/c1-5(8)7(9-4)6(2,3)10-7/h1-4H3. The Bertz CT molecular complexity index is 174. The van der Waals surface area contributed by atoms with Crippen LogP contribution in [0.25, 0.3) is 0 Å². The van der Waals surface area contributed by atoms with Gasteiger partial charge in [-0.1, -0.05) is 0 Å². The Morgan fingerprint density at radius 3 is 1.90 bits per heavy atom. The normalized spacial score (nSPS) is 35.6. The van der Waals surface area contributed by atoms with Crippen molar-refractivity contribution in [1.82, 2.24) is 0 Å². The Hall–Kier alpha value is -0.410. The highest BCUT2D eigenvalue weighted by atomic mass is 16.8. The number of rotatable bonds is 2. The van der Waals surface area contributed by atoms with E-state index in [0.29, 0.717) is 0 Å². The molecule has 0 aromatic carbocycles. The van der Waals surface area contributed by atoms with E-state index in [-0.39, 0.29) is 5.78 Å². The number of epoxide rings is 1. The third-order valence-electron chi connectivity index (χ3n) is 1.90. The molecule has 3 nitrogen and oxygen atoms in total. The van der Waals surface area contributed by atoms with Gasteiger partial charge in [0.2, 0.25) is 0 Å². The zero-order valence-corrected chi connectivity index (χ0v) is 6.72. The molecule has 1 heterocycles. The maximum Gasteiger partial charge on any atom is 0.258 e. The van der Waals surface area contributed by atoms with Crippen LogP contribution in [0.15, 0.2) is 0 Å². The number of hydrogen-bond acceptors (Lipinski definition) is 3. The van der Waals surface area contributed by atoms with Crippen LogP contribution in [0.4, 0.5) is 0 Å². The van der Waals surface area contributed by atoms with Gasteiger partial charge in [-0.05, 0) is 13.8 Å². The molecule has 1 saturated heterocycles. The Morgan fingerprint density at radius 1 is 1.50 bits per heavy atom. The van der Waals surface area contributed by atoms with Crippen LogP contribution in [0, 0.1) is 0 Å². The Labute approximate surface area is 60.3 Å². The molecule has 1 rings (SSSR count). The molecule has 0 aromatic heterocycles. The van der Waals surface area contributed by atoms with E-state index in [0.717, 1.165) is 0 Å². The van der Waals surface area contributed by atoms with Gasteiger partial charge in [0.1, 0.15) is 5.60 Å². The minimum atomic E-state index is -0.951. The van der Waals surface area contributed by atoms with Crippen molar-refractivity contribution in [3.05, 3.63) is 0 Å². The molecule has 1 fully saturated rings. The molecule has 0 bridgehead atoms. The van der Waals surface area contributed by atoms with E-state index in [1.54, 1.807) is 0 Å². The molecule has 0 saturated carbocycles. The van der Waals surface area contributed by atoms with Gasteiger partial charge in [-0.2, -0.15) is 0 Å². The Kier molecular flexibility index (Phi) is 1.38. The SMILES string of the molecule is COC1(C(C)=O)OC1(C)C. The number of methoxy groups -OCH3 is 1. The number of hydrogen-bond donors (Lipinski definition) is 0. The predicted octanol–water partition coefficient (Wildman–Crippen LogP) is 0.727. The van der Waals surface area contributed by atoms with Gasteiger partial charge in [-0.15, -0.1) is 0 Å². The second-order valence-corrected chi connectivity index (χ2v) is 2.99. The molecule has 0 spiro atoms. The number of ether oxygens (including phenoxy) is 2. The number of Topliss-reactive ketones (excluding diaryl/α,β-unsaturated/α-hetero) is 1. The van der Waals surface area contributed by atoms with Gasteiger partial charge in [0.15, 0.2) is 5.78 Å². The molecule has 10 heavy (non-hydrogen) atoms. The summed E-state index contributed by atoms with van der Waals surface area (Å²) in [6.07, 6.45) is 0. The molecule has 1 aliphatic heterocycles. The molecule has 0 radical (unpaired) electrons. The van der Waals surface area contributed by atoms with Crippen LogP contribution in [0.1, 0.15) is 20.8 Å². The maximum absolute atomic E-state index is 10.9. The summed E-state index contributed by atoms with van der Waals surface area (Å²) in [7, 11) is 1.48. The summed E-state index contributed by atoms with van der Waals surface area (Å²) in [6, 6.07) is 0. The lowest BCUT2D eigenvalue weighted by molar-refractivity contribution is -0.137. The average Bonchev–Trinajstić information content (AvgIpc) is 2.35. The summed E-state index contributed by atoms with van der Waals surface area (Å²) in [6.45, 7) is 5.13. The summed E-state index contributed by atoms with van der Waals surface area (Å²) < 4.78 is 10.1. The van der Waals surface area contributed by atoms with Gasteiger partial charge in [0.25, 0.3) is 5.79 Å². The third-order valence-corrected chi connectivity index (χ3v) is 1.90. The topological polar surface area (TPSA) is 38.8 Å². The van der Waals surface area contributed by atoms with Crippen molar-refractivity contribution in [2.75, 3.05) is 7.11 Å². The molecule has 1 atom stereocenters. The molecular weight excluding hydrogens is 132 g/mol. The van der Waals surface area contributed by atoms with Crippen molar-refractivity contribution in [3.63, 3.8) is 0 Å². The maximum atomic E-state index is 10.9. The molecule has 3 heteroatoms. The van der Waals surface area contributed by atoms with Gasteiger partial charge in [0.05, 0.1) is 0 Å². The molecule has 0 amide bonds. The largest absolute Gasteiger partial charge is 0.345 e. The second-order valence-electron chi connectivity index (χ2n) is 2.99. The summed E-state index contributed by atoms with van der Waals surface area (Å²) in [5.41, 5.74) is -0.437. The predicted molar refractivity (Wildman–Crippen MR) is 35.6 cm³/mol. The van der Waals surface area contributed by atoms with Crippen LogP contribution in [-0.2, 0) is 14.3 Å². The fourth-order valence-electron chi connectivity index (χ4n) is 1.26. The minimum absolute atomic E-state index is 0.0694. The first-order valence-corrected chi connectivity index (χ1v) is 3.22. The van der Waals surface area contributed by atoms with Crippen molar-refractivity contribution in [2.45, 2.75) is 32.2 Å². The molecule has 0 aromatic rings. The van der Waals surface area contributed by atoms with E-state index < -0.39 is 11.4 Å². The first-order chi connectivity index (χ1) is 4.46. The van der Waals surface area contributed by atoms with Crippen molar-refractivity contribution < 1.29 is 14.3 Å². The van der Waals surface area contributed by atoms with Gasteiger partial charge >= 0.3 is 0 Å². The molecular formula is C7H12O3. The zero-order valence-electron chi connectivity index (χ0n) is 6.72. The number of carbonyl (C=O) groups is 1. The van der Waals surface area contributed by atoms with Crippen LogP contribution in [-0.4, -0.2) is 24.3 Å². The van der Waals surface area contributed by atoms with E-state index in [1.165, 1.54) is 14.0 Å². The summed E-state index contributed by atoms with van der Waals surface area (Å²) in [4.78, 5) is 10.9. The van der Waals surface area contributed by atoms with E-state index >= 15 is 0 Å². The third kappa shape index (κ3) is 0.707. The lowest BCUT2D eigenvalue weighted by Crippen LogP contribution is -2.30. The van der Waals surface area contributed by atoms with Crippen molar-refractivity contribution in [1.29, 1.82) is 0 Å². The second kappa shape index (κ2) is 1.80. The summed E-state index contributed by atoms with van der Waals surface area (Å²) in [5.74, 6) is -1.02. The number of carbonyl (C=O) groups excluding carboxylic acids is 1. The minimum Gasteiger partial charge on any atom is -0.345 e. The fraction of sp³-hybridized carbons (Fsp3) is 0.857. The van der Waals surface area contributed by atoms with E-state index in [2.05, 4.69) is 0 Å². The highest BCUT2D eigenvalue weighted by Gasteiger charge is 2.68. The van der Waals surface area contributed by atoms with Gasteiger partial charge in [-0.3, -0.25) is 4.79 Å². The highest BCUT2D eigenvalue weighted by molar-refractivity contribution is 5.87. The van der Waals surface area contributed by atoms with Crippen LogP contribution in [0.3, 0.4) is 0 Å². The highest BCUT2D eigenvalue weighted by Crippen LogP contribution is 2.48. The van der Waals surface area contributed by atoms with Crippen LogP contribution >= 0.6 is 0 Å². The average molecular weight is 144 g/mol. The first kappa shape index (κ1) is 7.69. The van der Waals surface area contributed by atoms with E-state index in [1.807, 2.05) is 13.8 Å². The smallest absolute Gasteiger partial charge is 0.258 e. The molecule has 0 N–H and O–H groups in total. The van der Waals surface area contributed by atoms with Crippen LogP contribution in [0.5, 0.6) is 0 Å². The van der Waals surface area contributed by atoms with Crippen molar-refractivity contribution >= 4 is 5.78 Å². The van der Waals surface area contributed by atoms with Gasteiger partial charge in [-0.25, -0.2) is 0 Å². The van der Waals surface area contributed by atoms with Gasteiger partial charge in [0, 0.05) is 14.0 Å². The summed E-state index contributed by atoms with van der Waals surface area (Å²) in [5, 5.41) is 0. The van der Waals surface area contributed by atoms with Crippen molar-refractivity contribution in [2.24, 2.45) is 0 Å². The monoisotopic (exact) mass is 144 g/mol. The lowest BCUT2D eigenvalue weighted by Gasteiger charge is -2.07. The molecule has 0 aliphatic carbocycles. The fourth-order valence-corrected chi connectivity index (χ4v) is 1.26. The lowest BCUT2D eigenvalue weighted by atomic mass is 10.0. The van der Waals surface area contributed by atoms with E-state index in [4.69, 9.17) is 9.47 Å². The van der Waals surface area contributed by atoms with Gasteiger partial charge < -0.3 is 9.47 Å². The Balaban J connectivity index is 2.78. The van der Waals surface area contributed by atoms with Crippen LogP contribution < -0.4 is 0 Å². The zero-order chi connectivity index (χ0) is 7.99. The molecule has 1 aliphatic rings. The van der Waals surface area contributed by atoms with Crippen molar-refractivity contribution in [3.8, 4) is 0 Å². The van der Waals surface area contributed by atoms with E-state index in [9.17, 15) is 4.79 Å².